The molecule has 147 valence electrons. The molecule has 0 amide bonds. The van der Waals surface area contributed by atoms with Crippen molar-refractivity contribution in [2.24, 2.45) is 0 Å². The third-order valence-electron chi connectivity index (χ3n) is 4.06. The predicted molar refractivity (Wildman–Crippen MR) is 96.8 cm³/mol. The van der Waals surface area contributed by atoms with Crippen LogP contribution in [0.1, 0.15) is 57.4 Å². The number of hydrogen-bond acceptors (Lipinski definition) is 7. The van der Waals surface area contributed by atoms with Gasteiger partial charge in [0.15, 0.2) is 17.8 Å². The molecular formula is C20H19O8. The second-order valence-electron chi connectivity index (χ2n) is 7.03. The van der Waals surface area contributed by atoms with Crippen LogP contribution < -0.4 is 9.47 Å². The van der Waals surface area contributed by atoms with Crippen LogP contribution in [0.2, 0.25) is 0 Å². The van der Waals surface area contributed by atoms with Crippen molar-refractivity contribution in [2.75, 3.05) is 7.11 Å². The number of carbonyl (C=O) groups is 3. The maximum atomic E-state index is 12.6. The zero-order valence-corrected chi connectivity index (χ0v) is 15.7. The second kappa shape index (κ2) is 7.59. The van der Waals surface area contributed by atoms with Gasteiger partial charge < -0.3 is 19.7 Å². The Morgan fingerprint density at radius 2 is 1.64 bits per heavy atom. The highest BCUT2D eigenvalue weighted by Gasteiger charge is 2.25. The van der Waals surface area contributed by atoms with E-state index in [4.69, 9.17) is 9.47 Å². The monoisotopic (exact) mass is 387 g/mol. The summed E-state index contributed by atoms with van der Waals surface area (Å²) >= 11 is 0. The lowest BCUT2D eigenvalue weighted by Gasteiger charge is -2.21. The molecule has 2 aromatic carbocycles. The molecule has 0 saturated heterocycles. The number of ether oxygens (including phenoxy) is 2. The summed E-state index contributed by atoms with van der Waals surface area (Å²) in [6, 6.07) is 4.92. The van der Waals surface area contributed by atoms with Gasteiger partial charge in [0.05, 0.1) is 12.7 Å². The summed E-state index contributed by atoms with van der Waals surface area (Å²) in [4.78, 5) is 35.0. The SMILES string of the molecule is COc1cc(OC(=O)c2cc(C(C)(C)C)cc(C=O)c2O)c(O)c(C([O])=O)c1. The van der Waals surface area contributed by atoms with Gasteiger partial charge in [-0.05, 0) is 29.2 Å². The zero-order valence-electron chi connectivity index (χ0n) is 15.7. The van der Waals surface area contributed by atoms with Crippen LogP contribution >= 0.6 is 0 Å². The lowest BCUT2D eigenvalue weighted by Crippen LogP contribution is -2.16. The number of phenols is 2. The van der Waals surface area contributed by atoms with Gasteiger partial charge in [-0.2, -0.15) is 0 Å². The molecule has 0 fully saturated rings. The van der Waals surface area contributed by atoms with Crippen LogP contribution in [0, 0.1) is 0 Å². The summed E-state index contributed by atoms with van der Waals surface area (Å²) in [5.74, 6) is -4.72. The van der Waals surface area contributed by atoms with Gasteiger partial charge in [-0.25, -0.2) is 14.7 Å². The van der Waals surface area contributed by atoms with Crippen LogP contribution in [-0.2, 0) is 10.5 Å². The van der Waals surface area contributed by atoms with Crippen LogP contribution in [-0.4, -0.2) is 35.5 Å². The molecule has 8 nitrogen and oxygen atoms in total. The van der Waals surface area contributed by atoms with Crippen molar-refractivity contribution in [1.82, 2.24) is 0 Å². The van der Waals surface area contributed by atoms with Gasteiger partial charge in [-0.15, -0.1) is 0 Å². The topological polar surface area (TPSA) is 130 Å². The zero-order chi connectivity index (χ0) is 21.2. The maximum Gasteiger partial charge on any atom is 0.390 e. The van der Waals surface area contributed by atoms with Crippen LogP contribution in [0.4, 0.5) is 0 Å². The van der Waals surface area contributed by atoms with E-state index in [0.717, 1.165) is 12.1 Å². The van der Waals surface area contributed by atoms with Gasteiger partial charge in [0.1, 0.15) is 22.6 Å². The Bertz CT molecular complexity index is 954. The van der Waals surface area contributed by atoms with E-state index in [0.29, 0.717) is 11.8 Å². The Kier molecular flexibility index (Phi) is 5.63. The highest BCUT2D eigenvalue weighted by Crippen LogP contribution is 2.37. The Morgan fingerprint density at radius 1 is 1.00 bits per heavy atom. The number of aldehydes is 1. The molecule has 0 aliphatic carbocycles. The molecule has 0 aliphatic rings. The van der Waals surface area contributed by atoms with E-state index in [1.165, 1.54) is 19.2 Å². The molecule has 0 unspecified atom stereocenters. The first-order valence-electron chi connectivity index (χ1n) is 8.16. The van der Waals surface area contributed by atoms with E-state index in [2.05, 4.69) is 0 Å². The molecule has 2 aromatic rings. The lowest BCUT2D eigenvalue weighted by atomic mass is 9.85. The highest BCUT2D eigenvalue weighted by atomic mass is 16.5. The normalized spacial score (nSPS) is 11.0. The number of methoxy groups -OCH3 is 1. The van der Waals surface area contributed by atoms with E-state index in [1.54, 1.807) is 0 Å². The number of phenolic OH excluding ortho intramolecular Hbond substituents is 2. The Balaban J connectivity index is 2.55. The average molecular weight is 387 g/mol. The van der Waals surface area contributed by atoms with Crippen molar-refractivity contribution in [1.29, 1.82) is 0 Å². The third kappa shape index (κ3) is 4.06. The number of esters is 1. The van der Waals surface area contributed by atoms with Gasteiger partial charge >= 0.3 is 11.9 Å². The Labute approximate surface area is 161 Å². The number of rotatable bonds is 5. The first-order chi connectivity index (χ1) is 13.0. The molecule has 0 aliphatic heterocycles. The molecule has 8 heteroatoms. The predicted octanol–water partition coefficient (Wildman–Crippen LogP) is 3.01. The number of carbonyl (C=O) groups excluding carboxylic acids is 3. The molecule has 1 radical (unpaired) electrons. The summed E-state index contributed by atoms with van der Waals surface area (Å²) in [6.45, 7) is 5.55. The number of hydrogen-bond donors (Lipinski definition) is 2. The van der Waals surface area contributed by atoms with Crippen molar-refractivity contribution in [2.45, 2.75) is 26.2 Å². The standard InChI is InChI=1S/C20H19O8/c1-20(2,3)11-5-10(9-21)16(22)14(6-11)19(26)28-15-8-12(27-4)7-13(17(15)23)18(24)25/h5-9,22-23H,1-4H3. The van der Waals surface area contributed by atoms with E-state index in [-0.39, 0.29) is 16.9 Å². The van der Waals surface area contributed by atoms with E-state index < -0.39 is 40.2 Å². The maximum absolute atomic E-state index is 12.6. The average Bonchev–Trinajstić information content (AvgIpc) is 2.62. The molecule has 2 N–H and O–H groups in total. The number of aromatic hydroxyl groups is 2. The van der Waals surface area contributed by atoms with E-state index >= 15 is 0 Å². The van der Waals surface area contributed by atoms with Crippen molar-refractivity contribution in [3.05, 3.63) is 46.5 Å². The molecule has 2 rings (SSSR count). The fraction of sp³-hybridized carbons (Fsp3) is 0.250. The minimum absolute atomic E-state index is 0.000967. The first kappa shape index (κ1) is 20.8. The largest absolute Gasteiger partial charge is 0.506 e. The molecule has 0 heterocycles. The van der Waals surface area contributed by atoms with Crippen molar-refractivity contribution in [3.8, 4) is 23.0 Å². The van der Waals surface area contributed by atoms with Gasteiger partial charge in [0.2, 0.25) is 0 Å². The smallest absolute Gasteiger partial charge is 0.390 e. The summed E-state index contributed by atoms with van der Waals surface area (Å²) in [6.07, 6.45) is 0.401. The summed E-state index contributed by atoms with van der Waals surface area (Å²) in [7, 11) is 1.26. The minimum atomic E-state index is -1.70. The van der Waals surface area contributed by atoms with Crippen molar-refractivity contribution < 1.29 is 39.2 Å². The molecular weight excluding hydrogens is 368 g/mol. The molecule has 0 saturated carbocycles. The lowest BCUT2D eigenvalue weighted by molar-refractivity contribution is 0.0564. The Morgan fingerprint density at radius 3 is 2.14 bits per heavy atom. The molecule has 28 heavy (non-hydrogen) atoms. The van der Waals surface area contributed by atoms with Gasteiger partial charge in [0, 0.05) is 6.07 Å². The first-order valence-corrected chi connectivity index (χ1v) is 8.16. The molecule has 0 atom stereocenters. The molecule has 0 aromatic heterocycles. The van der Waals surface area contributed by atoms with Crippen LogP contribution in [0.25, 0.3) is 0 Å². The quantitative estimate of drug-likeness (QED) is 0.458. The van der Waals surface area contributed by atoms with Gasteiger partial charge in [0.25, 0.3) is 0 Å². The van der Waals surface area contributed by atoms with Crippen LogP contribution in [0.15, 0.2) is 24.3 Å². The second-order valence-corrected chi connectivity index (χ2v) is 7.03. The fourth-order valence-corrected chi connectivity index (χ4v) is 2.42. The van der Waals surface area contributed by atoms with Crippen LogP contribution in [0.5, 0.6) is 23.0 Å². The Hall–Kier alpha value is -3.55. The van der Waals surface area contributed by atoms with E-state index in [9.17, 15) is 29.7 Å². The fourth-order valence-electron chi connectivity index (χ4n) is 2.42. The van der Waals surface area contributed by atoms with Gasteiger partial charge in [-0.1, -0.05) is 20.8 Å². The highest BCUT2D eigenvalue weighted by molar-refractivity contribution is 5.99. The third-order valence-corrected chi connectivity index (χ3v) is 4.06. The van der Waals surface area contributed by atoms with Crippen molar-refractivity contribution >= 4 is 18.2 Å². The summed E-state index contributed by atoms with van der Waals surface area (Å²) in [5.41, 5.74) is -0.912. The summed E-state index contributed by atoms with van der Waals surface area (Å²) < 4.78 is 10.00. The molecule has 0 spiro atoms. The number of benzene rings is 2. The van der Waals surface area contributed by atoms with E-state index in [1.807, 2.05) is 20.8 Å². The molecule has 0 bridgehead atoms. The minimum Gasteiger partial charge on any atom is -0.506 e. The van der Waals surface area contributed by atoms with Gasteiger partial charge in [-0.3, -0.25) is 4.79 Å². The summed E-state index contributed by atoms with van der Waals surface area (Å²) in [5, 5.41) is 31.4. The van der Waals surface area contributed by atoms with Crippen molar-refractivity contribution in [3.63, 3.8) is 0 Å². The van der Waals surface area contributed by atoms with Crippen LogP contribution in [0.3, 0.4) is 0 Å².